The minimum Gasteiger partial charge on any atom is -0.390 e. The van der Waals surface area contributed by atoms with Gasteiger partial charge in [-0.1, -0.05) is 49.6 Å². The van der Waals surface area contributed by atoms with Crippen LogP contribution >= 0.6 is 0 Å². The Bertz CT molecular complexity index is 1020. The van der Waals surface area contributed by atoms with Gasteiger partial charge in [0.05, 0.1) is 12.1 Å². The molecule has 37 heavy (non-hydrogen) atoms. The highest BCUT2D eigenvalue weighted by Gasteiger charge is 2.26. The summed E-state index contributed by atoms with van der Waals surface area (Å²) in [7, 11) is 0. The molecule has 2 aliphatic rings. The van der Waals surface area contributed by atoms with E-state index in [-0.39, 0.29) is 11.8 Å². The molecule has 2 aromatic rings. The topological polar surface area (TPSA) is 93.7 Å². The summed E-state index contributed by atoms with van der Waals surface area (Å²) in [6.07, 6.45) is 7.56. The van der Waals surface area contributed by atoms with Gasteiger partial charge in [0, 0.05) is 43.0 Å². The predicted molar refractivity (Wildman–Crippen MR) is 149 cm³/mol. The first-order chi connectivity index (χ1) is 18.0. The Morgan fingerprint density at radius 2 is 1.86 bits per heavy atom. The maximum atomic E-state index is 13.5. The van der Waals surface area contributed by atoms with Gasteiger partial charge in [-0.2, -0.15) is 0 Å². The van der Waals surface area contributed by atoms with E-state index in [2.05, 4.69) is 16.0 Å². The second-order valence-electron chi connectivity index (χ2n) is 10.4. The van der Waals surface area contributed by atoms with Crippen LogP contribution in [0.5, 0.6) is 0 Å². The molecule has 0 aromatic heterocycles. The molecule has 0 radical (unpaired) electrons. The van der Waals surface area contributed by atoms with Gasteiger partial charge in [0.1, 0.15) is 0 Å². The number of hydrogen-bond donors (Lipinski definition) is 4. The SMILES string of the molecule is CCNc1cc(C(=O)N[C@@H](Cc2ccccc2)[C@@H](O)CNCC2CCCCC2)cc(N2CCCC2=O)c1. The highest BCUT2D eigenvalue weighted by Crippen LogP contribution is 2.27. The molecule has 1 aliphatic carbocycles. The number of carbonyl (C=O) groups is 2. The molecule has 2 amide bonds. The number of hydrogen-bond acceptors (Lipinski definition) is 5. The van der Waals surface area contributed by atoms with Crippen molar-refractivity contribution in [2.75, 3.05) is 36.4 Å². The summed E-state index contributed by atoms with van der Waals surface area (Å²) in [4.78, 5) is 27.6. The van der Waals surface area contributed by atoms with E-state index in [1.54, 1.807) is 11.0 Å². The number of rotatable bonds is 12. The van der Waals surface area contributed by atoms with E-state index in [9.17, 15) is 14.7 Å². The Morgan fingerprint density at radius 1 is 1.08 bits per heavy atom. The van der Waals surface area contributed by atoms with E-state index in [4.69, 9.17) is 0 Å². The second kappa shape index (κ2) is 13.6. The largest absolute Gasteiger partial charge is 0.390 e. The van der Waals surface area contributed by atoms with Gasteiger partial charge in [-0.25, -0.2) is 0 Å². The number of carbonyl (C=O) groups excluding carboxylic acids is 2. The van der Waals surface area contributed by atoms with Crippen molar-refractivity contribution in [3.05, 3.63) is 59.7 Å². The van der Waals surface area contributed by atoms with Crippen LogP contribution in [0.2, 0.25) is 0 Å². The Balaban J connectivity index is 1.47. The fourth-order valence-corrected chi connectivity index (χ4v) is 5.50. The highest BCUT2D eigenvalue weighted by molar-refractivity contribution is 6.00. The maximum Gasteiger partial charge on any atom is 0.251 e. The first-order valence-electron chi connectivity index (χ1n) is 14.0. The number of aliphatic hydroxyl groups is 1. The first-order valence-corrected chi connectivity index (χ1v) is 14.0. The molecule has 1 aliphatic heterocycles. The molecular formula is C30H42N4O3. The van der Waals surface area contributed by atoms with Gasteiger partial charge in [0.25, 0.3) is 5.91 Å². The quantitative estimate of drug-likeness (QED) is 0.348. The molecule has 0 unspecified atom stereocenters. The zero-order chi connectivity index (χ0) is 26.0. The summed E-state index contributed by atoms with van der Waals surface area (Å²) < 4.78 is 0. The third kappa shape index (κ3) is 7.79. The van der Waals surface area contributed by atoms with Crippen LogP contribution < -0.4 is 20.9 Å². The van der Waals surface area contributed by atoms with Crippen LogP contribution in [0.25, 0.3) is 0 Å². The number of amides is 2. The van der Waals surface area contributed by atoms with Crippen molar-refractivity contribution >= 4 is 23.2 Å². The Morgan fingerprint density at radius 3 is 2.57 bits per heavy atom. The van der Waals surface area contributed by atoms with Crippen molar-refractivity contribution in [3.63, 3.8) is 0 Å². The van der Waals surface area contributed by atoms with E-state index < -0.39 is 12.1 Å². The molecule has 0 spiro atoms. The summed E-state index contributed by atoms with van der Waals surface area (Å²) in [6, 6.07) is 15.0. The van der Waals surface area contributed by atoms with Gasteiger partial charge < -0.3 is 26.0 Å². The predicted octanol–water partition coefficient (Wildman–Crippen LogP) is 4.12. The third-order valence-corrected chi connectivity index (χ3v) is 7.54. The zero-order valence-electron chi connectivity index (χ0n) is 22.0. The lowest BCUT2D eigenvalue weighted by Crippen LogP contribution is -2.49. The summed E-state index contributed by atoms with van der Waals surface area (Å²) >= 11 is 0. The molecule has 2 atom stereocenters. The van der Waals surface area contributed by atoms with Gasteiger partial charge in [0.2, 0.25) is 5.91 Å². The number of aliphatic hydroxyl groups excluding tert-OH is 1. The first kappa shape index (κ1) is 27.1. The Kier molecular flexibility index (Phi) is 9.97. The third-order valence-electron chi connectivity index (χ3n) is 7.54. The number of nitrogens with one attached hydrogen (secondary N) is 3. The van der Waals surface area contributed by atoms with Crippen LogP contribution in [0.15, 0.2) is 48.5 Å². The van der Waals surface area contributed by atoms with Gasteiger partial charge in [-0.15, -0.1) is 0 Å². The molecular weight excluding hydrogens is 464 g/mol. The summed E-state index contributed by atoms with van der Waals surface area (Å²) in [5, 5.41) is 21.0. The number of anilines is 2. The zero-order valence-corrected chi connectivity index (χ0v) is 22.0. The lowest BCUT2D eigenvalue weighted by molar-refractivity contribution is -0.117. The average Bonchev–Trinajstić information content (AvgIpc) is 3.35. The molecule has 2 aromatic carbocycles. The fraction of sp³-hybridized carbons (Fsp3) is 0.533. The molecule has 4 N–H and O–H groups in total. The minimum absolute atomic E-state index is 0.0847. The monoisotopic (exact) mass is 506 g/mol. The lowest BCUT2D eigenvalue weighted by Gasteiger charge is -2.27. The molecule has 1 saturated carbocycles. The molecule has 4 rings (SSSR count). The number of benzene rings is 2. The molecule has 7 heteroatoms. The Hall–Kier alpha value is -2.90. The molecule has 1 saturated heterocycles. The summed E-state index contributed by atoms with van der Waals surface area (Å²) in [6.45, 7) is 4.71. The van der Waals surface area contributed by atoms with Crippen LogP contribution in [-0.2, 0) is 11.2 Å². The van der Waals surface area contributed by atoms with E-state index in [1.807, 2.05) is 49.4 Å². The van der Waals surface area contributed by atoms with Gasteiger partial charge in [-0.05, 0) is 68.8 Å². The van der Waals surface area contributed by atoms with Crippen molar-refractivity contribution < 1.29 is 14.7 Å². The van der Waals surface area contributed by atoms with Crippen LogP contribution in [0.3, 0.4) is 0 Å². The van der Waals surface area contributed by atoms with Crippen LogP contribution in [0.1, 0.15) is 67.8 Å². The molecule has 7 nitrogen and oxygen atoms in total. The normalized spacial score (nSPS) is 18.0. The van der Waals surface area contributed by atoms with E-state index in [0.29, 0.717) is 44.0 Å². The maximum absolute atomic E-state index is 13.5. The lowest BCUT2D eigenvalue weighted by atomic mass is 9.89. The van der Waals surface area contributed by atoms with Crippen LogP contribution in [0.4, 0.5) is 11.4 Å². The van der Waals surface area contributed by atoms with E-state index in [0.717, 1.165) is 29.9 Å². The highest BCUT2D eigenvalue weighted by atomic mass is 16.3. The van der Waals surface area contributed by atoms with E-state index >= 15 is 0 Å². The molecule has 1 heterocycles. The second-order valence-corrected chi connectivity index (χ2v) is 10.4. The summed E-state index contributed by atoms with van der Waals surface area (Å²) in [5.74, 6) is 0.505. The number of nitrogens with zero attached hydrogens (tertiary/aromatic N) is 1. The van der Waals surface area contributed by atoms with Crippen molar-refractivity contribution in [2.24, 2.45) is 5.92 Å². The van der Waals surface area contributed by atoms with Gasteiger partial charge >= 0.3 is 0 Å². The standard InChI is InChI=1S/C30H42N4O3/c1-2-32-25-17-24(18-26(19-25)34-15-9-14-29(34)36)30(37)33-27(16-22-10-5-3-6-11-22)28(35)21-31-20-23-12-7-4-8-13-23/h3,5-6,10-11,17-19,23,27-28,31-32,35H,2,4,7-9,12-16,20-21H2,1H3,(H,33,37)/t27-,28-/m0/s1. The summed E-state index contributed by atoms with van der Waals surface area (Å²) in [5.41, 5.74) is 3.08. The van der Waals surface area contributed by atoms with Crippen molar-refractivity contribution in [1.29, 1.82) is 0 Å². The van der Waals surface area contributed by atoms with Crippen molar-refractivity contribution in [3.8, 4) is 0 Å². The van der Waals surface area contributed by atoms with Gasteiger partial charge in [0.15, 0.2) is 0 Å². The average molecular weight is 507 g/mol. The smallest absolute Gasteiger partial charge is 0.251 e. The fourth-order valence-electron chi connectivity index (χ4n) is 5.50. The van der Waals surface area contributed by atoms with Gasteiger partial charge in [-0.3, -0.25) is 9.59 Å². The molecule has 2 fully saturated rings. The molecule has 0 bridgehead atoms. The van der Waals surface area contributed by atoms with Crippen LogP contribution in [0, 0.1) is 5.92 Å². The van der Waals surface area contributed by atoms with Crippen molar-refractivity contribution in [1.82, 2.24) is 10.6 Å². The van der Waals surface area contributed by atoms with Crippen LogP contribution in [-0.4, -0.2) is 55.2 Å². The van der Waals surface area contributed by atoms with E-state index in [1.165, 1.54) is 32.1 Å². The Labute approximate surface area is 221 Å². The minimum atomic E-state index is -0.732. The molecule has 200 valence electrons. The van der Waals surface area contributed by atoms with Crippen molar-refractivity contribution in [2.45, 2.75) is 70.4 Å².